The van der Waals surface area contributed by atoms with Crippen molar-refractivity contribution in [2.45, 2.75) is 26.1 Å². The van der Waals surface area contributed by atoms with Gasteiger partial charge in [0.2, 0.25) is 5.88 Å². The molecule has 1 unspecified atom stereocenters. The zero-order chi connectivity index (χ0) is 22.9. The molecule has 0 fully saturated rings. The van der Waals surface area contributed by atoms with Crippen molar-refractivity contribution in [3.05, 3.63) is 72.2 Å². The van der Waals surface area contributed by atoms with Gasteiger partial charge in [0.05, 0.1) is 20.4 Å². The maximum absolute atomic E-state index is 13.2. The Hall–Kier alpha value is -3.39. The number of ether oxygens (including phenoxy) is 3. The Kier molecular flexibility index (Phi) is 8.21. The number of anilines is 1. The molecular weight excluding hydrogens is 418 g/mol. The molecule has 6 nitrogen and oxygen atoms in total. The Morgan fingerprint density at radius 1 is 1.09 bits per heavy atom. The van der Waals surface area contributed by atoms with Gasteiger partial charge in [-0.25, -0.2) is 9.37 Å². The van der Waals surface area contributed by atoms with Crippen LogP contribution in [0, 0.1) is 5.82 Å². The van der Waals surface area contributed by atoms with Gasteiger partial charge in [-0.15, -0.1) is 0 Å². The van der Waals surface area contributed by atoms with Gasteiger partial charge in [-0.3, -0.25) is 4.39 Å². The first-order valence-electron chi connectivity index (χ1n) is 10.2. The lowest BCUT2D eigenvalue weighted by Gasteiger charge is -2.29. The van der Waals surface area contributed by atoms with Gasteiger partial charge in [0.1, 0.15) is 35.0 Å². The summed E-state index contributed by atoms with van der Waals surface area (Å²) >= 11 is 0. The highest BCUT2D eigenvalue weighted by atomic mass is 19.1. The van der Waals surface area contributed by atoms with Crippen molar-refractivity contribution in [2.75, 3.05) is 25.3 Å². The van der Waals surface area contributed by atoms with Gasteiger partial charge in [0.15, 0.2) is 0 Å². The van der Waals surface area contributed by atoms with E-state index < -0.39 is 12.9 Å². The molecule has 0 saturated carbocycles. The number of nitrogens with zero attached hydrogens (tertiary/aromatic N) is 2. The first kappa shape index (κ1) is 23.3. The Labute approximate surface area is 186 Å². The van der Waals surface area contributed by atoms with E-state index in [1.807, 2.05) is 0 Å². The normalized spacial score (nSPS) is 11.7. The molecule has 0 aliphatic rings. The van der Waals surface area contributed by atoms with Gasteiger partial charge in [-0.2, -0.15) is 0 Å². The van der Waals surface area contributed by atoms with E-state index >= 15 is 0 Å². The summed E-state index contributed by atoms with van der Waals surface area (Å²) in [5, 5.41) is 10.6. The minimum absolute atomic E-state index is 0.232. The van der Waals surface area contributed by atoms with Gasteiger partial charge >= 0.3 is 0 Å². The van der Waals surface area contributed by atoms with Crippen LogP contribution in [-0.4, -0.2) is 36.7 Å². The van der Waals surface area contributed by atoms with Crippen LogP contribution in [0.1, 0.15) is 18.9 Å². The van der Waals surface area contributed by atoms with Gasteiger partial charge < -0.3 is 24.2 Å². The number of alkyl halides is 1. The van der Waals surface area contributed by atoms with E-state index in [9.17, 15) is 13.9 Å². The number of aliphatic hydroxyl groups excluding tert-OH is 1. The number of hydrogen-bond acceptors (Lipinski definition) is 6. The Balaban J connectivity index is 1.92. The lowest BCUT2D eigenvalue weighted by Crippen LogP contribution is -2.32. The van der Waals surface area contributed by atoms with E-state index in [0.29, 0.717) is 22.9 Å². The van der Waals surface area contributed by atoms with Crippen molar-refractivity contribution in [3.63, 3.8) is 0 Å². The first-order chi connectivity index (χ1) is 15.5. The van der Waals surface area contributed by atoms with E-state index in [4.69, 9.17) is 14.2 Å². The minimum Gasteiger partial charge on any atom is -0.497 e. The molecule has 0 radical (unpaired) electrons. The predicted molar refractivity (Wildman–Crippen MR) is 118 cm³/mol. The number of aromatic nitrogens is 1. The highest BCUT2D eigenvalue weighted by Gasteiger charge is 2.21. The van der Waals surface area contributed by atoms with Crippen molar-refractivity contribution >= 4 is 5.69 Å². The van der Waals surface area contributed by atoms with Crippen LogP contribution >= 0.6 is 0 Å². The van der Waals surface area contributed by atoms with E-state index in [1.54, 1.807) is 55.5 Å². The first-order valence-corrected chi connectivity index (χ1v) is 10.2. The topological polar surface area (TPSA) is 64.1 Å². The van der Waals surface area contributed by atoms with Crippen molar-refractivity contribution < 1.29 is 28.1 Å². The molecule has 1 N–H and O–H groups in total. The average molecular weight is 444 g/mol. The van der Waals surface area contributed by atoms with Crippen LogP contribution in [0.3, 0.4) is 0 Å². The Bertz CT molecular complexity index is 1000. The molecule has 1 heterocycles. The van der Waals surface area contributed by atoms with Crippen molar-refractivity contribution in [3.8, 4) is 23.1 Å². The third-order valence-corrected chi connectivity index (χ3v) is 4.68. The third kappa shape index (κ3) is 6.07. The standard InChI is InChI=1S/C24H26F2N2O4/c1-17(29)28(16-18-15-21(30-2)10-11-23(18)31-14-4-12-25)22-5-3-13-27-24(22)32-20-8-6-19(26)7-9-20/h3,5-11,13,15,17,29H,4,12,14,16H2,1-2H3. The lowest BCUT2D eigenvalue weighted by atomic mass is 10.1. The molecule has 170 valence electrons. The summed E-state index contributed by atoms with van der Waals surface area (Å²) in [4.78, 5) is 5.97. The number of benzene rings is 2. The van der Waals surface area contributed by atoms with E-state index in [-0.39, 0.29) is 31.3 Å². The van der Waals surface area contributed by atoms with E-state index in [1.165, 1.54) is 24.3 Å². The molecule has 0 aliphatic carbocycles. The number of pyridine rings is 1. The molecule has 8 heteroatoms. The monoisotopic (exact) mass is 444 g/mol. The molecule has 3 aromatic rings. The van der Waals surface area contributed by atoms with Crippen LogP contribution in [0.25, 0.3) is 0 Å². The van der Waals surface area contributed by atoms with Gasteiger partial charge in [-0.05, 0) is 61.5 Å². The fourth-order valence-corrected chi connectivity index (χ4v) is 3.08. The zero-order valence-electron chi connectivity index (χ0n) is 18.0. The van der Waals surface area contributed by atoms with Crippen LogP contribution in [-0.2, 0) is 6.54 Å². The summed E-state index contributed by atoms with van der Waals surface area (Å²) in [5.41, 5.74) is 1.27. The van der Waals surface area contributed by atoms with Gasteiger partial charge in [-0.1, -0.05) is 0 Å². The summed E-state index contributed by atoms with van der Waals surface area (Å²) in [6, 6.07) is 14.4. The zero-order valence-corrected chi connectivity index (χ0v) is 18.0. The summed E-state index contributed by atoms with van der Waals surface area (Å²) in [6.07, 6.45) is 0.948. The second-order valence-corrected chi connectivity index (χ2v) is 7.01. The molecule has 1 atom stereocenters. The quantitative estimate of drug-likeness (QED) is 0.328. The van der Waals surface area contributed by atoms with Crippen molar-refractivity contribution in [2.24, 2.45) is 0 Å². The van der Waals surface area contributed by atoms with Crippen LogP contribution < -0.4 is 19.1 Å². The second kappa shape index (κ2) is 11.3. The SMILES string of the molecule is COc1ccc(OCCCF)c(CN(c2cccnc2Oc2ccc(F)cc2)C(C)O)c1. The molecule has 0 saturated heterocycles. The Morgan fingerprint density at radius 2 is 1.84 bits per heavy atom. The highest BCUT2D eigenvalue weighted by Crippen LogP contribution is 2.34. The summed E-state index contributed by atoms with van der Waals surface area (Å²) in [7, 11) is 1.56. The molecule has 0 bridgehead atoms. The molecule has 0 amide bonds. The fraction of sp³-hybridized carbons (Fsp3) is 0.292. The molecule has 2 aromatic carbocycles. The van der Waals surface area contributed by atoms with Crippen LogP contribution in [0.15, 0.2) is 60.8 Å². The second-order valence-electron chi connectivity index (χ2n) is 7.01. The average Bonchev–Trinajstić information content (AvgIpc) is 2.80. The lowest BCUT2D eigenvalue weighted by molar-refractivity contribution is 0.185. The third-order valence-electron chi connectivity index (χ3n) is 4.68. The van der Waals surface area contributed by atoms with E-state index in [2.05, 4.69) is 4.98 Å². The summed E-state index contributed by atoms with van der Waals surface area (Å²) in [6.45, 7) is 1.63. The van der Waals surface area contributed by atoms with Gasteiger partial charge in [0, 0.05) is 24.7 Å². The maximum Gasteiger partial charge on any atom is 0.243 e. The molecule has 0 aliphatic heterocycles. The number of methoxy groups -OCH3 is 1. The van der Waals surface area contributed by atoms with E-state index in [0.717, 1.165) is 5.56 Å². The number of hydrogen-bond donors (Lipinski definition) is 1. The van der Waals surface area contributed by atoms with Crippen molar-refractivity contribution in [1.82, 2.24) is 4.98 Å². The Morgan fingerprint density at radius 3 is 2.53 bits per heavy atom. The van der Waals surface area contributed by atoms with Crippen LogP contribution in [0.2, 0.25) is 0 Å². The summed E-state index contributed by atoms with van der Waals surface area (Å²) < 4.78 is 42.7. The molecule has 1 aromatic heterocycles. The molecular formula is C24H26F2N2O4. The predicted octanol–water partition coefficient (Wildman–Crippen LogP) is 5.10. The minimum atomic E-state index is -0.903. The molecule has 3 rings (SSSR count). The molecule has 32 heavy (non-hydrogen) atoms. The number of rotatable bonds is 11. The number of halogens is 2. The highest BCUT2D eigenvalue weighted by molar-refractivity contribution is 5.57. The smallest absolute Gasteiger partial charge is 0.243 e. The molecule has 0 spiro atoms. The fourth-order valence-electron chi connectivity index (χ4n) is 3.08. The largest absolute Gasteiger partial charge is 0.497 e. The summed E-state index contributed by atoms with van der Waals surface area (Å²) in [5.74, 6) is 1.48. The van der Waals surface area contributed by atoms with Crippen LogP contribution in [0.4, 0.5) is 14.5 Å². The maximum atomic E-state index is 13.2. The van der Waals surface area contributed by atoms with Crippen LogP contribution in [0.5, 0.6) is 23.1 Å². The van der Waals surface area contributed by atoms with Gasteiger partial charge in [0.25, 0.3) is 0 Å². The number of aliphatic hydroxyl groups is 1. The van der Waals surface area contributed by atoms with Crippen molar-refractivity contribution in [1.29, 1.82) is 0 Å².